The van der Waals surface area contributed by atoms with Crippen molar-refractivity contribution in [2.45, 2.75) is 309 Å². The fourth-order valence-electron chi connectivity index (χ4n) is 8.20. The van der Waals surface area contributed by atoms with Gasteiger partial charge in [0.25, 0.3) is 0 Å². The Balaban J connectivity index is 4.34. The van der Waals surface area contributed by atoms with Crippen LogP contribution in [0.25, 0.3) is 0 Å². The van der Waals surface area contributed by atoms with Gasteiger partial charge in [0.2, 0.25) is 0 Å². The molecule has 0 aliphatic rings. The maximum Gasteiger partial charge on any atom is 0.306 e. The zero-order valence-corrected chi connectivity index (χ0v) is 42.4. The van der Waals surface area contributed by atoms with Crippen LogP contribution in [0.2, 0.25) is 0 Å². The monoisotopic (exact) mass is 887 g/mol. The Morgan fingerprint density at radius 2 is 0.524 bits per heavy atom. The molecule has 1 unspecified atom stereocenters. The Bertz CT molecular complexity index is 1020. The van der Waals surface area contributed by atoms with Gasteiger partial charge in [-0.2, -0.15) is 0 Å². The third-order valence-electron chi connectivity index (χ3n) is 12.4. The SMILES string of the molecule is CCCCCCC/C=C\CCCCCCCC(=O)OC(COC(=O)CCCCCCCCC/C=C\CCCCCCCC)COC(=O)CCCCCCCCCCCCCCCC. The summed E-state index contributed by atoms with van der Waals surface area (Å²) in [4.78, 5) is 38.1. The quantitative estimate of drug-likeness (QED) is 0.0262. The van der Waals surface area contributed by atoms with Crippen LogP contribution in [0.1, 0.15) is 303 Å². The second-order valence-electron chi connectivity index (χ2n) is 18.8. The molecular formula is C57H106O6. The van der Waals surface area contributed by atoms with Crippen LogP contribution in [0.4, 0.5) is 0 Å². The van der Waals surface area contributed by atoms with Gasteiger partial charge in [-0.3, -0.25) is 14.4 Å². The molecule has 63 heavy (non-hydrogen) atoms. The molecule has 0 radical (unpaired) electrons. The summed E-state index contributed by atoms with van der Waals surface area (Å²) in [5.74, 6) is -0.868. The molecule has 6 nitrogen and oxygen atoms in total. The van der Waals surface area contributed by atoms with Crippen molar-refractivity contribution in [2.24, 2.45) is 0 Å². The number of hydrogen-bond acceptors (Lipinski definition) is 6. The van der Waals surface area contributed by atoms with E-state index in [2.05, 4.69) is 45.1 Å². The summed E-state index contributed by atoms with van der Waals surface area (Å²) < 4.78 is 16.8. The van der Waals surface area contributed by atoms with Crippen molar-refractivity contribution in [3.63, 3.8) is 0 Å². The molecule has 0 spiro atoms. The second-order valence-corrected chi connectivity index (χ2v) is 18.8. The molecule has 0 aromatic rings. The van der Waals surface area contributed by atoms with Gasteiger partial charge in [0, 0.05) is 19.3 Å². The lowest BCUT2D eigenvalue weighted by atomic mass is 10.0. The first-order chi connectivity index (χ1) is 31.0. The lowest BCUT2D eigenvalue weighted by Crippen LogP contribution is -2.30. The van der Waals surface area contributed by atoms with Crippen molar-refractivity contribution in [1.82, 2.24) is 0 Å². The van der Waals surface area contributed by atoms with Crippen molar-refractivity contribution in [2.75, 3.05) is 13.2 Å². The summed E-state index contributed by atoms with van der Waals surface area (Å²) in [6.07, 6.45) is 60.2. The zero-order valence-electron chi connectivity index (χ0n) is 42.4. The van der Waals surface area contributed by atoms with Gasteiger partial charge in [0.05, 0.1) is 0 Å². The number of hydrogen-bond donors (Lipinski definition) is 0. The van der Waals surface area contributed by atoms with Gasteiger partial charge in [0.15, 0.2) is 6.10 Å². The van der Waals surface area contributed by atoms with Crippen LogP contribution in [0.15, 0.2) is 24.3 Å². The van der Waals surface area contributed by atoms with Crippen LogP contribution in [-0.4, -0.2) is 37.2 Å². The number of allylic oxidation sites excluding steroid dienone is 4. The minimum absolute atomic E-state index is 0.0718. The number of carbonyl (C=O) groups excluding carboxylic acids is 3. The van der Waals surface area contributed by atoms with Crippen LogP contribution in [0.5, 0.6) is 0 Å². The minimum atomic E-state index is -0.773. The van der Waals surface area contributed by atoms with E-state index in [9.17, 15) is 14.4 Å². The van der Waals surface area contributed by atoms with E-state index in [1.165, 1.54) is 199 Å². The fraction of sp³-hybridized carbons (Fsp3) is 0.877. The molecule has 0 saturated carbocycles. The summed E-state index contributed by atoms with van der Waals surface area (Å²) in [7, 11) is 0. The highest BCUT2D eigenvalue weighted by atomic mass is 16.6. The Morgan fingerprint density at radius 1 is 0.302 bits per heavy atom. The molecule has 0 aromatic carbocycles. The fourth-order valence-corrected chi connectivity index (χ4v) is 8.20. The van der Waals surface area contributed by atoms with Crippen molar-refractivity contribution in [3.05, 3.63) is 24.3 Å². The van der Waals surface area contributed by atoms with Crippen LogP contribution in [0.3, 0.4) is 0 Å². The molecule has 0 N–H and O–H groups in total. The van der Waals surface area contributed by atoms with E-state index in [4.69, 9.17) is 14.2 Å². The molecule has 0 bridgehead atoms. The first-order valence-corrected chi connectivity index (χ1v) is 27.8. The molecule has 0 aliphatic carbocycles. The number of unbranched alkanes of at least 4 members (excludes halogenated alkanes) is 36. The van der Waals surface area contributed by atoms with Gasteiger partial charge in [-0.15, -0.1) is 0 Å². The molecule has 0 amide bonds. The molecule has 0 fully saturated rings. The Hall–Kier alpha value is -2.11. The highest BCUT2D eigenvalue weighted by molar-refractivity contribution is 5.71. The van der Waals surface area contributed by atoms with Gasteiger partial charge in [-0.25, -0.2) is 0 Å². The van der Waals surface area contributed by atoms with E-state index in [1.807, 2.05) is 0 Å². The van der Waals surface area contributed by atoms with Crippen molar-refractivity contribution in [3.8, 4) is 0 Å². The highest BCUT2D eigenvalue weighted by Gasteiger charge is 2.19. The van der Waals surface area contributed by atoms with Gasteiger partial charge in [0.1, 0.15) is 13.2 Å². The third-order valence-corrected chi connectivity index (χ3v) is 12.4. The Kier molecular flexibility index (Phi) is 50.8. The number of rotatable bonds is 51. The molecule has 6 heteroatoms. The third kappa shape index (κ3) is 50.7. The van der Waals surface area contributed by atoms with Crippen LogP contribution in [-0.2, 0) is 28.6 Å². The zero-order chi connectivity index (χ0) is 45.8. The van der Waals surface area contributed by atoms with E-state index < -0.39 is 6.10 Å². The molecule has 0 saturated heterocycles. The van der Waals surface area contributed by atoms with E-state index in [1.54, 1.807) is 0 Å². The number of esters is 3. The molecule has 0 aliphatic heterocycles. The van der Waals surface area contributed by atoms with Gasteiger partial charge in [-0.1, -0.05) is 238 Å². The van der Waals surface area contributed by atoms with E-state index in [-0.39, 0.29) is 31.1 Å². The summed E-state index contributed by atoms with van der Waals surface area (Å²) in [6, 6.07) is 0. The molecular weight excluding hydrogens is 781 g/mol. The average Bonchev–Trinajstić information content (AvgIpc) is 3.28. The first kappa shape index (κ1) is 60.9. The average molecular weight is 887 g/mol. The number of carbonyl (C=O) groups is 3. The molecule has 0 rings (SSSR count). The first-order valence-electron chi connectivity index (χ1n) is 27.8. The maximum absolute atomic E-state index is 12.8. The maximum atomic E-state index is 12.8. The van der Waals surface area contributed by atoms with Crippen molar-refractivity contribution in [1.29, 1.82) is 0 Å². The van der Waals surface area contributed by atoms with Crippen LogP contribution >= 0.6 is 0 Å². The van der Waals surface area contributed by atoms with Crippen molar-refractivity contribution >= 4 is 17.9 Å². The van der Waals surface area contributed by atoms with Crippen LogP contribution < -0.4 is 0 Å². The Morgan fingerprint density at radius 3 is 0.794 bits per heavy atom. The predicted octanol–water partition coefficient (Wildman–Crippen LogP) is 18.3. The molecule has 0 aromatic heterocycles. The smallest absolute Gasteiger partial charge is 0.306 e. The van der Waals surface area contributed by atoms with E-state index in [0.717, 1.165) is 64.2 Å². The summed E-state index contributed by atoms with van der Waals surface area (Å²) >= 11 is 0. The largest absolute Gasteiger partial charge is 0.462 e. The Labute approximate surface area is 392 Å². The molecule has 1 atom stereocenters. The van der Waals surface area contributed by atoms with Crippen molar-refractivity contribution < 1.29 is 28.6 Å². The van der Waals surface area contributed by atoms with E-state index in [0.29, 0.717) is 19.3 Å². The summed E-state index contributed by atoms with van der Waals surface area (Å²) in [5, 5.41) is 0. The molecule has 0 heterocycles. The number of ether oxygens (including phenoxy) is 3. The van der Waals surface area contributed by atoms with Gasteiger partial charge < -0.3 is 14.2 Å². The van der Waals surface area contributed by atoms with Gasteiger partial charge >= 0.3 is 17.9 Å². The lowest BCUT2D eigenvalue weighted by molar-refractivity contribution is -0.167. The second kappa shape index (κ2) is 52.5. The molecule has 370 valence electrons. The standard InChI is InChI=1S/C57H106O6/c1-4-7-10-13-16-19-22-25-28-29-30-33-35-38-41-44-47-50-56(59)62-53-54(63-57(60)51-48-45-42-39-36-32-27-24-21-18-15-12-9-6-3)52-61-55(58)49-46-43-40-37-34-31-26-23-20-17-14-11-8-5-2/h24-25,27-28,54H,4-23,26,29-53H2,1-3H3/b27-24-,28-25-. The highest BCUT2D eigenvalue weighted by Crippen LogP contribution is 2.16. The summed E-state index contributed by atoms with van der Waals surface area (Å²) in [5.41, 5.74) is 0. The van der Waals surface area contributed by atoms with E-state index >= 15 is 0 Å². The van der Waals surface area contributed by atoms with Crippen LogP contribution in [0, 0.1) is 0 Å². The lowest BCUT2D eigenvalue weighted by Gasteiger charge is -2.18. The normalized spacial score (nSPS) is 12.1. The minimum Gasteiger partial charge on any atom is -0.462 e. The summed E-state index contributed by atoms with van der Waals surface area (Å²) in [6.45, 7) is 6.65. The van der Waals surface area contributed by atoms with Gasteiger partial charge in [-0.05, 0) is 70.6 Å². The topological polar surface area (TPSA) is 78.9 Å². The predicted molar refractivity (Wildman–Crippen MR) is 270 cm³/mol.